The summed E-state index contributed by atoms with van der Waals surface area (Å²) in [6.07, 6.45) is 0. The van der Waals surface area contributed by atoms with Crippen LogP contribution in [0.1, 0.15) is 11.4 Å². The molecule has 26 heavy (non-hydrogen) atoms. The van der Waals surface area contributed by atoms with Gasteiger partial charge in [0.25, 0.3) is 5.89 Å². The molecule has 0 aliphatic carbocycles. The molecule has 0 amide bonds. The number of fused-ring (bicyclic) bond motifs is 1. The molecule has 2 aromatic heterocycles. The summed E-state index contributed by atoms with van der Waals surface area (Å²) < 4.78 is 29.0. The molecule has 4 rings (SSSR count). The Morgan fingerprint density at radius 1 is 1.12 bits per heavy atom. The zero-order valence-corrected chi connectivity index (χ0v) is 13.7. The van der Waals surface area contributed by atoms with Crippen LogP contribution >= 0.6 is 0 Å². The molecule has 0 fully saturated rings. The van der Waals surface area contributed by atoms with E-state index in [2.05, 4.69) is 10.1 Å². The minimum absolute atomic E-state index is 0.0756. The van der Waals surface area contributed by atoms with Gasteiger partial charge in [0.1, 0.15) is 17.1 Å². The Bertz CT molecular complexity index is 1130. The second-order valence-electron chi connectivity index (χ2n) is 5.72. The normalized spacial score (nSPS) is 11.0. The molecule has 0 bridgehead atoms. The number of rotatable bonds is 4. The molecule has 130 valence electrons. The average molecular weight is 352 g/mol. The van der Waals surface area contributed by atoms with E-state index in [0.29, 0.717) is 22.7 Å². The summed E-state index contributed by atoms with van der Waals surface area (Å²) in [5.74, 6) is 0.799. The molecule has 0 N–H and O–H groups in total. The highest BCUT2D eigenvalue weighted by Gasteiger charge is 2.10. The van der Waals surface area contributed by atoms with Crippen LogP contribution < -0.4 is 10.4 Å². The smallest absolute Gasteiger partial charge is 0.336 e. The first-order valence-corrected chi connectivity index (χ1v) is 7.84. The molecule has 4 aromatic rings. The maximum atomic E-state index is 13.0. The van der Waals surface area contributed by atoms with E-state index in [1.54, 1.807) is 24.3 Å². The highest BCUT2D eigenvalue weighted by Crippen LogP contribution is 2.23. The fraction of sp³-hybridized carbons (Fsp3) is 0.105. The molecular weight excluding hydrogens is 339 g/mol. The summed E-state index contributed by atoms with van der Waals surface area (Å²) in [7, 11) is 0. The van der Waals surface area contributed by atoms with Crippen molar-refractivity contribution in [2.75, 3.05) is 0 Å². The Morgan fingerprint density at radius 3 is 2.73 bits per heavy atom. The van der Waals surface area contributed by atoms with Gasteiger partial charge in [0.05, 0.1) is 0 Å². The fourth-order valence-electron chi connectivity index (χ4n) is 2.57. The van der Waals surface area contributed by atoms with Crippen molar-refractivity contribution in [3.63, 3.8) is 0 Å². The quantitative estimate of drug-likeness (QED) is 0.519. The molecule has 0 saturated carbocycles. The highest BCUT2D eigenvalue weighted by molar-refractivity contribution is 5.81. The average Bonchev–Trinajstić information content (AvgIpc) is 3.09. The maximum Gasteiger partial charge on any atom is 0.336 e. The van der Waals surface area contributed by atoms with Crippen molar-refractivity contribution < 1.29 is 18.1 Å². The van der Waals surface area contributed by atoms with Crippen LogP contribution in [0.15, 0.2) is 62.3 Å². The van der Waals surface area contributed by atoms with Gasteiger partial charge in [0.15, 0.2) is 6.61 Å². The number of nitrogens with zero attached hydrogens (tertiary/aromatic N) is 2. The van der Waals surface area contributed by atoms with Crippen LogP contribution in [0.2, 0.25) is 0 Å². The van der Waals surface area contributed by atoms with Crippen LogP contribution in [-0.4, -0.2) is 10.1 Å². The van der Waals surface area contributed by atoms with E-state index < -0.39 is 5.63 Å². The number of aromatic nitrogens is 2. The first kappa shape index (κ1) is 16.0. The zero-order chi connectivity index (χ0) is 18.1. The van der Waals surface area contributed by atoms with Crippen molar-refractivity contribution >= 4 is 11.0 Å². The standard InChI is InChI=1S/C19H13FN2O4/c1-11-8-18(23)25-16-9-14(6-7-15(11)16)24-10-17-21-19(26-22-17)12-2-4-13(20)5-3-12/h2-9H,10H2,1H3. The number of benzene rings is 2. The lowest BCUT2D eigenvalue weighted by atomic mass is 10.1. The predicted molar refractivity (Wildman–Crippen MR) is 91.2 cm³/mol. The minimum Gasteiger partial charge on any atom is -0.485 e. The second kappa shape index (κ2) is 6.44. The number of aryl methyl sites for hydroxylation is 1. The molecule has 0 unspecified atom stereocenters. The molecule has 6 nitrogen and oxygen atoms in total. The van der Waals surface area contributed by atoms with Crippen molar-refractivity contribution in [1.82, 2.24) is 10.1 Å². The third kappa shape index (κ3) is 3.19. The number of hydrogen-bond acceptors (Lipinski definition) is 6. The van der Waals surface area contributed by atoms with E-state index in [0.717, 1.165) is 10.9 Å². The minimum atomic E-state index is -0.408. The maximum absolute atomic E-state index is 13.0. The van der Waals surface area contributed by atoms with Crippen LogP contribution in [0.5, 0.6) is 5.75 Å². The highest BCUT2D eigenvalue weighted by atomic mass is 19.1. The monoisotopic (exact) mass is 352 g/mol. The molecule has 0 atom stereocenters. The summed E-state index contributed by atoms with van der Waals surface area (Å²) in [5, 5.41) is 4.69. The molecule has 0 aliphatic rings. The summed E-state index contributed by atoms with van der Waals surface area (Å²) >= 11 is 0. The molecule has 0 spiro atoms. The van der Waals surface area contributed by atoms with Crippen molar-refractivity contribution in [3.05, 3.63) is 76.2 Å². The lowest BCUT2D eigenvalue weighted by Gasteiger charge is -2.05. The van der Waals surface area contributed by atoms with Crippen LogP contribution in [0.4, 0.5) is 4.39 Å². The van der Waals surface area contributed by atoms with Gasteiger partial charge in [-0.15, -0.1) is 0 Å². The molecule has 2 aromatic carbocycles. The van der Waals surface area contributed by atoms with Crippen LogP contribution in [0.3, 0.4) is 0 Å². The van der Waals surface area contributed by atoms with Crippen LogP contribution in [-0.2, 0) is 6.61 Å². The van der Waals surface area contributed by atoms with Gasteiger partial charge in [-0.25, -0.2) is 9.18 Å². The van der Waals surface area contributed by atoms with Gasteiger partial charge < -0.3 is 13.7 Å². The number of hydrogen-bond donors (Lipinski definition) is 0. The molecule has 7 heteroatoms. The lowest BCUT2D eigenvalue weighted by molar-refractivity contribution is 0.287. The van der Waals surface area contributed by atoms with Crippen molar-refractivity contribution in [2.24, 2.45) is 0 Å². The first-order chi connectivity index (χ1) is 12.6. The van der Waals surface area contributed by atoms with Gasteiger partial charge in [-0.3, -0.25) is 0 Å². The van der Waals surface area contributed by atoms with Gasteiger partial charge in [-0.2, -0.15) is 4.98 Å². The third-order valence-electron chi connectivity index (χ3n) is 3.85. The zero-order valence-electron chi connectivity index (χ0n) is 13.7. The van der Waals surface area contributed by atoms with E-state index >= 15 is 0 Å². The van der Waals surface area contributed by atoms with Crippen LogP contribution in [0, 0.1) is 12.7 Å². The Balaban J connectivity index is 1.51. The van der Waals surface area contributed by atoms with Gasteiger partial charge >= 0.3 is 5.63 Å². The van der Waals surface area contributed by atoms with Crippen molar-refractivity contribution in [2.45, 2.75) is 13.5 Å². The SMILES string of the molecule is Cc1cc(=O)oc2cc(OCc3noc(-c4ccc(F)cc4)n3)ccc12. The van der Waals surface area contributed by atoms with E-state index in [4.69, 9.17) is 13.7 Å². The predicted octanol–water partition coefficient (Wildman–Crippen LogP) is 3.87. The van der Waals surface area contributed by atoms with Crippen molar-refractivity contribution in [3.8, 4) is 17.2 Å². The molecule has 0 radical (unpaired) electrons. The molecule has 2 heterocycles. The summed E-state index contributed by atoms with van der Waals surface area (Å²) in [6.45, 7) is 1.92. The number of ether oxygens (including phenoxy) is 1. The van der Waals surface area contributed by atoms with E-state index in [-0.39, 0.29) is 18.3 Å². The van der Waals surface area contributed by atoms with Gasteiger partial charge in [0.2, 0.25) is 5.82 Å². The Labute approximate surface area is 146 Å². The largest absolute Gasteiger partial charge is 0.485 e. The van der Waals surface area contributed by atoms with E-state index in [1.807, 2.05) is 13.0 Å². The van der Waals surface area contributed by atoms with Crippen molar-refractivity contribution in [1.29, 1.82) is 0 Å². The summed E-state index contributed by atoms with van der Waals surface area (Å²) in [5.41, 5.74) is 1.50. The van der Waals surface area contributed by atoms with Gasteiger partial charge in [0, 0.05) is 23.1 Å². The lowest BCUT2D eigenvalue weighted by Crippen LogP contribution is -2.00. The summed E-state index contributed by atoms with van der Waals surface area (Å²) in [4.78, 5) is 15.7. The summed E-state index contributed by atoms with van der Waals surface area (Å²) in [6, 6.07) is 12.4. The number of halogens is 1. The first-order valence-electron chi connectivity index (χ1n) is 7.84. The van der Waals surface area contributed by atoms with E-state index in [1.165, 1.54) is 18.2 Å². The topological polar surface area (TPSA) is 78.4 Å². The van der Waals surface area contributed by atoms with E-state index in [9.17, 15) is 9.18 Å². The second-order valence-corrected chi connectivity index (χ2v) is 5.72. The third-order valence-corrected chi connectivity index (χ3v) is 3.85. The van der Waals surface area contributed by atoms with Gasteiger partial charge in [-0.1, -0.05) is 5.16 Å². The molecule has 0 saturated heterocycles. The Hall–Kier alpha value is -3.48. The molecule has 0 aliphatic heterocycles. The van der Waals surface area contributed by atoms with Gasteiger partial charge in [-0.05, 0) is 48.9 Å². The fourth-order valence-corrected chi connectivity index (χ4v) is 2.57. The van der Waals surface area contributed by atoms with Crippen LogP contribution in [0.25, 0.3) is 22.4 Å². The Kier molecular flexibility index (Phi) is 3.96. The Morgan fingerprint density at radius 2 is 1.92 bits per heavy atom. The molecular formula is C19H13FN2O4.